The first-order valence-electron chi connectivity index (χ1n) is 6.70. The quantitative estimate of drug-likeness (QED) is 0.820. The van der Waals surface area contributed by atoms with Gasteiger partial charge in [-0.3, -0.25) is 0 Å². The minimum atomic E-state index is -3.32. The Morgan fingerprint density at radius 2 is 1.36 bits per heavy atom. The summed E-state index contributed by atoms with van der Waals surface area (Å²) in [5.41, 5.74) is 1.53. The van der Waals surface area contributed by atoms with Crippen molar-refractivity contribution in [3.05, 3.63) is 65.1 Å². The molecule has 0 aliphatic heterocycles. The molecule has 0 atom stereocenters. The molecule has 0 saturated carbocycles. The summed E-state index contributed by atoms with van der Waals surface area (Å²) in [5.74, 6) is 1.40. The van der Waals surface area contributed by atoms with E-state index in [0.717, 1.165) is 16.9 Å². The van der Waals surface area contributed by atoms with Crippen LogP contribution in [0.5, 0.6) is 11.5 Å². The first-order valence-corrected chi connectivity index (χ1v) is 8.42. The Morgan fingerprint density at radius 3 is 1.86 bits per heavy atom. The zero-order valence-corrected chi connectivity index (χ0v) is 13.3. The monoisotopic (exact) mass is 318 g/mol. The van der Waals surface area contributed by atoms with Crippen molar-refractivity contribution < 1.29 is 17.9 Å². The van der Waals surface area contributed by atoms with Crippen molar-refractivity contribution in [1.29, 1.82) is 0 Å². The Bertz CT molecular complexity index is 729. The van der Waals surface area contributed by atoms with Gasteiger partial charge in [0.1, 0.15) is 11.5 Å². The summed E-state index contributed by atoms with van der Waals surface area (Å²) in [4.78, 5) is 0. The molecule has 0 saturated heterocycles. The van der Waals surface area contributed by atoms with Crippen LogP contribution in [0.2, 0.25) is 0 Å². The van der Waals surface area contributed by atoms with Crippen LogP contribution in [-0.2, 0) is 15.6 Å². The number of benzene rings is 2. The van der Waals surface area contributed by atoms with Crippen molar-refractivity contribution in [2.24, 2.45) is 0 Å². The zero-order valence-electron chi connectivity index (χ0n) is 12.5. The van der Waals surface area contributed by atoms with Crippen molar-refractivity contribution in [3.8, 4) is 11.5 Å². The summed E-state index contributed by atoms with van der Waals surface area (Å²) < 4.78 is 34.3. The van der Waals surface area contributed by atoms with Gasteiger partial charge in [-0.2, -0.15) is 0 Å². The highest BCUT2D eigenvalue weighted by Crippen LogP contribution is 2.16. The Hall–Kier alpha value is -2.27. The second-order valence-corrected chi connectivity index (χ2v) is 6.62. The van der Waals surface area contributed by atoms with Crippen LogP contribution in [0.25, 0.3) is 6.08 Å². The summed E-state index contributed by atoms with van der Waals surface area (Å²) in [6.45, 7) is 0. The smallest absolute Gasteiger partial charge is 0.175 e. The predicted molar refractivity (Wildman–Crippen MR) is 87.6 cm³/mol. The van der Waals surface area contributed by atoms with Gasteiger partial charge in [0.15, 0.2) is 9.84 Å². The second-order valence-electron chi connectivity index (χ2n) is 4.73. The first-order chi connectivity index (χ1) is 10.5. The van der Waals surface area contributed by atoms with Gasteiger partial charge in [0.25, 0.3) is 0 Å². The van der Waals surface area contributed by atoms with Crippen LogP contribution in [0.4, 0.5) is 0 Å². The van der Waals surface area contributed by atoms with E-state index < -0.39 is 9.84 Å². The average molecular weight is 318 g/mol. The third kappa shape index (κ3) is 4.63. The van der Waals surface area contributed by atoms with Gasteiger partial charge < -0.3 is 9.47 Å². The summed E-state index contributed by atoms with van der Waals surface area (Å²) in [6.07, 6.45) is 1.58. The Labute approximate surface area is 130 Å². The molecule has 0 amide bonds. The molecule has 5 heteroatoms. The highest BCUT2D eigenvalue weighted by molar-refractivity contribution is 7.93. The summed E-state index contributed by atoms with van der Waals surface area (Å²) in [6, 6.07) is 14.2. The average Bonchev–Trinajstić information content (AvgIpc) is 2.54. The standard InChI is InChI=1S/C17H18O4S/c1-20-16-7-3-14(4-8-16)11-12-22(18,19)13-15-5-9-17(21-2)10-6-15/h3-12H,13H2,1-2H3. The third-order valence-corrected chi connectivity index (χ3v) is 4.40. The molecule has 0 N–H and O–H groups in total. The fourth-order valence-corrected chi connectivity index (χ4v) is 3.02. The molecule has 0 fully saturated rings. The van der Waals surface area contributed by atoms with Gasteiger partial charge in [-0.15, -0.1) is 0 Å². The molecular formula is C17H18O4S. The lowest BCUT2D eigenvalue weighted by atomic mass is 10.2. The lowest BCUT2D eigenvalue weighted by Crippen LogP contribution is -1.99. The normalized spacial score (nSPS) is 11.5. The number of rotatable bonds is 6. The highest BCUT2D eigenvalue weighted by atomic mass is 32.2. The molecule has 0 spiro atoms. The fraction of sp³-hybridized carbons (Fsp3) is 0.176. The Kier molecular flexibility index (Phi) is 5.22. The molecule has 0 aromatic heterocycles. The van der Waals surface area contributed by atoms with Crippen LogP contribution < -0.4 is 9.47 Å². The largest absolute Gasteiger partial charge is 0.497 e. The first kappa shape index (κ1) is 16.1. The molecule has 0 aliphatic rings. The molecule has 2 aromatic rings. The molecule has 4 nitrogen and oxygen atoms in total. The second kappa shape index (κ2) is 7.13. The van der Waals surface area contributed by atoms with E-state index in [4.69, 9.17) is 9.47 Å². The van der Waals surface area contributed by atoms with Crippen LogP contribution in [-0.4, -0.2) is 22.6 Å². The maximum Gasteiger partial charge on any atom is 0.175 e. The molecule has 0 aliphatic carbocycles. The maximum atomic E-state index is 12.1. The van der Waals surface area contributed by atoms with Crippen LogP contribution in [0.3, 0.4) is 0 Å². The molecule has 0 bridgehead atoms. The number of hydrogen-bond donors (Lipinski definition) is 0. The third-order valence-electron chi connectivity index (χ3n) is 3.11. The molecule has 22 heavy (non-hydrogen) atoms. The number of hydrogen-bond acceptors (Lipinski definition) is 4. The molecule has 0 unspecified atom stereocenters. The van der Waals surface area contributed by atoms with Gasteiger partial charge in [0.2, 0.25) is 0 Å². The van der Waals surface area contributed by atoms with E-state index in [2.05, 4.69) is 0 Å². The summed E-state index contributed by atoms with van der Waals surface area (Å²) >= 11 is 0. The van der Waals surface area contributed by atoms with Crippen LogP contribution >= 0.6 is 0 Å². The lowest BCUT2D eigenvalue weighted by molar-refractivity contribution is 0.414. The Balaban J connectivity index is 2.07. The van der Waals surface area contributed by atoms with E-state index in [1.54, 1.807) is 68.8 Å². The fourth-order valence-electron chi connectivity index (χ4n) is 1.90. The number of sulfone groups is 1. The van der Waals surface area contributed by atoms with E-state index in [1.165, 1.54) is 5.41 Å². The summed E-state index contributed by atoms with van der Waals surface area (Å²) in [5, 5.41) is 1.24. The Morgan fingerprint density at radius 1 is 0.864 bits per heavy atom. The molecule has 2 aromatic carbocycles. The lowest BCUT2D eigenvalue weighted by Gasteiger charge is -2.03. The van der Waals surface area contributed by atoms with Gasteiger partial charge >= 0.3 is 0 Å². The van der Waals surface area contributed by atoms with Gasteiger partial charge in [0.05, 0.1) is 20.0 Å². The molecule has 116 valence electrons. The van der Waals surface area contributed by atoms with Gasteiger partial charge in [-0.05, 0) is 41.5 Å². The maximum absolute atomic E-state index is 12.1. The van der Waals surface area contributed by atoms with E-state index in [0.29, 0.717) is 5.75 Å². The predicted octanol–water partition coefficient (Wildman–Crippen LogP) is 3.29. The number of ether oxygens (including phenoxy) is 2. The van der Waals surface area contributed by atoms with E-state index in [-0.39, 0.29) is 5.75 Å². The van der Waals surface area contributed by atoms with Crippen LogP contribution in [0.15, 0.2) is 53.9 Å². The molecule has 0 radical (unpaired) electrons. The van der Waals surface area contributed by atoms with Crippen molar-refractivity contribution in [2.75, 3.05) is 14.2 Å². The highest BCUT2D eigenvalue weighted by Gasteiger charge is 2.08. The van der Waals surface area contributed by atoms with Crippen molar-refractivity contribution in [1.82, 2.24) is 0 Å². The van der Waals surface area contributed by atoms with Crippen molar-refractivity contribution >= 4 is 15.9 Å². The molecule has 0 heterocycles. The van der Waals surface area contributed by atoms with E-state index in [1.807, 2.05) is 0 Å². The minimum absolute atomic E-state index is 0.0380. The van der Waals surface area contributed by atoms with Gasteiger partial charge in [0, 0.05) is 5.41 Å². The van der Waals surface area contributed by atoms with E-state index >= 15 is 0 Å². The van der Waals surface area contributed by atoms with Crippen LogP contribution in [0, 0.1) is 0 Å². The van der Waals surface area contributed by atoms with Crippen molar-refractivity contribution in [3.63, 3.8) is 0 Å². The number of methoxy groups -OCH3 is 2. The van der Waals surface area contributed by atoms with Crippen LogP contribution in [0.1, 0.15) is 11.1 Å². The minimum Gasteiger partial charge on any atom is -0.497 e. The SMILES string of the molecule is COc1ccc(C=CS(=O)(=O)Cc2ccc(OC)cc2)cc1. The topological polar surface area (TPSA) is 52.6 Å². The van der Waals surface area contributed by atoms with Gasteiger partial charge in [-0.25, -0.2) is 8.42 Å². The van der Waals surface area contributed by atoms with Crippen molar-refractivity contribution in [2.45, 2.75) is 5.75 Å². The summed E-state index contributed by atoms with van der Waals surface area (Å²) in [7, 11) is -0.160. The molecule has 2 rings (SSSR count). The zero-order chi connectivity index (χ0) is 16.0. The van der Waals surface area contributed by atoms with E-state index in [9.17, 15) is 8.42 Å². The molecular weight excluding hydrogens is 300 g/mol. The van der Waals surface area contributed by atoms with Gasteiger partial charge in [-0.1, -0.05) is 24.3 Å².